The van der Waals surface area contributed by atoms with Crippen LogP contribution < -0.4 is 10.6 Å². The van der Waals surface area contributed by atoms with Crippen LogP contribution in [0.15, 0.2) is 18.2 Å². The molecule has 1 atom stereocenters. The van der Waals surface area contributed by atoms with E-state index in [-0.39, 0.29) is 5.91 Å². The lowest BCUT2D eigenvalue weighted by Crippen LogP contribution is -2.31. The minimum Gasteiger partial charge on any atom is -0.316 e. The Kier molecular flexibility index (Phi) is 2.04. The predicted molar refractivity (Wildman–Crippen MR) is 56.1 cm³/mol. The van der Waals surface area contributed by atoms with Gasteiger partial charge in [0.15, 0.2) is 0 Å². The molecular weight excluding hydrogens is 176 g/mol. The molecular formula is C11H14N2O. The van der Waals surface area contributed by atoms with Gasteiger partial charge in [-0.3, -0.25) is 4.79 Å². The van der Waals surface area contributed by atoms with Crippen LogP contribution in [-0.4, -0.2) is 12.5 Å². The molecule has 74 valence electrons. The van der Waals surface area contributed by atoms with Gasteiger partial charge < -0.3 is 10.6 Å². The highest BCUT2D eigenvalue weighted by Crippen LogP contribution is 2.36. The van der Waals surface area contributed by atoms with E-state index in [9.17, 15) is 4.79 Å². The number of hydrogen-bond acceptors (Lipinski definition) is 2. The average molecular weight is 190 g/mol. The smallest absolute Gasteiger partial charge is 0.248 e. The Morgan fingerprint density at radius 3 is 2.86 bits per heavy atom. The van der Waals surface area contributed by atoms with Crippen LogP contribution >= 0.6 is 0 Å². The van der Waals surface area contributed by atoms with Crippen molar-refractivity contribution in [3.8, 4) is 0 Å². The van der Waals surface area contributed by atoms with Crippen molar-refractivity contribution < 1.29 is 4.79 Å². The number of para-hydroxylation sites is 1. The van der Waals surface area contributed by atoms with Crippen molar-refractivity contribution in [3.05, 3.63) is 29.3 Å². The fourth-order valence-electron chi connectivity index (χ4n) is 2.03. The largest absolute Gasteiger partial charge is 0.316 e. The van der Waals surface area contributed by atoms with Gasteiger partial charge in [0.05, 0.1) is 5.69 Å². The number of amides is 1. The molecule has 0 spiro atoms. The molecule has 2 rings (SSSR count). The zero-order valence-corrected chi connectivity index (χ0v) is 8.45. The van der Waals surface area contributed by atoms with Crippen molar-refractivity contribution in [2.45, 2.75) is 19.9 Å². The highest BCUT2D eigenvalue weighted by atomic mass is 16.2. The Labute approximate surface area is 83.5 Å². The van der Waals surface area contributed by atoms with Crippen molar-refractivity contribution in [2.24, 2.45) is 5.73 Å². The normalized spacial score (nSPS) is 20.1. The van der Waals surface area contributed by atoms with E-state index in [0.717, 1.165) is 16.8 Å². The number of carbonyl (C=O) groups excluding carboxylic acids is 1. The molecule has 0 saturated carbocycles. The van der Waals surface area contributed by atoms with E-state index >= 15 is 0 Å². The second-order valence-corrected chi connectivity index (χ2v) is 3.57. The fourth-order valence-corrected chi connectivity index (χ4v) is 2.03. The maximum Gasteiger partial charge on any atom is 0.248 e. The van der Waals surface area contributed by atoms with Gasteiger partial charge in [-0.1, -0.05) is 18.2 Å². The molecule has 1 aromatic rings. The van der Waals surface area contributed by atoms with E-state index in [1.54, 1.807) is 4.90 Å². The lowest BCUT2D eigenvalue weighted by molar-refractivity contribution is -0.119. The van der Waals surface area contributed by atoms with Gasteiger partial charge in [-0.2, -0.15) is 0 Å². The number of aryl methyl sites for hydroxylation is 1. The van der Waals surface area contributed by atoms with Crippen LogP contribution in [0.1, 0.15) is 24.1 Å². The Balaban J connectivity index is 2.62. The van der Waals surface area contributed by atoms with Crippen molar-refractivity contribution in [1.82, 2.24) is 0 Å². The first-order chi connectivity index (χ1) is 6.66. The molecule has 0 saturated heterocycles. The van der Waals surface area contributed by atoms with E-state index in [4.69, 9.17) is 5.73 Å². The molecule has 1 aliphatic heterocycles. The van der Waals surface area contributed by atoms with Gasteiger partial charge in [-0.15, -0.1) is 0 Å². The molecule has 1 aliphatic rings. The Bertz CT molecular complexity index is 387. The summed E-state index contributed by atoms with van der Waals surface area (Å²) in [6, 6.07) is 5.42. The summed E-state index contributed by atoms with van der Waals surface area (Å²) in [7, 11) is 0. The number of rotatable bonds is 1. The van der Waals surface area contributed by atoms with Gasteiger partial charge >= 0.3 is 0 Å². The third kappa shape index (κ3) is 1.06. The zero-order valence-electron chi connectivity index (χ0n) is 8.45. The first-order valence-electron chi connectivity index (χ1n) is 4.83. The molecule has 0 aliphatic carbocycles. The second kappa shape index (κ2) is 3.10. The van der Waals surface area contributed by atoms with E-state index in [0.29, 0.717) is 6.54 Å². The highest BCUT2D eigenvalue weighted by Gasteiger charge is 2.34. The molecule has 1 unspecified atom stereocenters. The number of nitrogens with zero attached hydrogens (tertiary/aromatic N) is 1. The van der Waals surface area contributed by atoms with Gasteiger partial charge in [0.2, 0.25) is 5.91 Å². The summed E-state index contributed by atoms with van der Waals surface area (Å²) >= 11 is 0. The lowest BCUT2D eigenvalue weighted by Gasteiger charge is -2.16. The minimum atomic E-state index is -0.468. The predicted octanol–water partition coefficient (Wildman–Crippen LogP) is 1.36. The summed E-state index contributed by atoms with van der Waals surface area (Å²) in [6.07, 6.45) is 0. The average Bonchev–Trinajstić information content (AvgIpc) is 2.43. The number of nitrogens with two attached hydrogens (primary N) is 1. The maximum atomic E-state index is 11.7. The molecule has 1 aromatic carbocycles. The Morgan fingerprint density at radius 1 is 1.50 bits per heavy atom. The van der Waals surface area contributed by atoms with Crippen molar-refractivity contribution >= 4 is 11.6 Å². The lowest BCUT2D eigenvalue weighted by atomic mass is 10.1. The number of hydrogen-bond donors (Lipinski definition) is 1. The molecule has 3 nitrogen and oxygen atoms in total. The number of anilines is 1. The summed E-state index contributed by atoms with van der Waals surface area (Å²) in [5, 5.41) is 0. The summed E-state index contributed by atoms with van der Waals surface area (Å²) in [4.78, 5) is 13.5. The molecule has 0 bridgehead atoms. The van der Waals surface area contributed by atoms with Crippen LogP contribution in [0.2, 0.25) is 0 Å². The molecule has 3 heteroatoms. The van der Waals surface area contributed by atoms with E-state index < -0.39 is 6.04 Å². The standard InChI is InChI=1S/C11H14N2O/c1-3-13-10-7(2)5-4-6-8(10)9(12)11(13)14/h4-6,9H,3,12H2,1-2H3. The first kappa shape index (κ1) is 9.21. The van der Waals surface area contributed by atoms with E-state index in [2.05, 4.69) is 0 Å². The summed E-state index contributed by atoms with van der Waals surface area (Å²) in [5.74, 6) is 0.0109. The van der Waals surface area contributed by atoms with Gasteiger partial charge in [0.25, 0.3) is 0 Å². The van der Waals surface area contributed by atoms with Gasteiger partial charge in [-0.05, 0) is 19.4 Å². The molecule has 14 heavy (non-hydrogen) atoms. The second-order valence-electron chi connectivity index (χ2n) is 3.57. The van der Waals surface area contributed by atoms with Gasteiger partial charge in [-0.25, -0.2) is 0 Å². The van der Waals surface area contributed by atoms with Crippen LogP contribution in [0.5, 0.6) is 0 Å². The van der Waals surface area contributed by atoms with Gasteiger partial charge in [0, 0.05) is 12.1 Å². The van der Waals surface area contributed by atoms with Crippen LogP contribution in [0.25, 0.3) is 0 Å². The van der Waals surface area contributed by atoms with Gasteiger partial charge in [0.1, 0.15) is 6.04 Å². The molecule has 2 N–H and O–H groups in total. The van der Waals surface area contributed by atoms with Crippen LogP contribution in [0.4, 0.5) is 5.69 Å². The quantitative estimate of drug-likeness (QED) is 0.726. The maximum absolute atomic E-state index is 11.7. The minimum absolute atomic E-state index is 0.0109. The summed E-state index contributed by atoms with van der Waals surface area (Å²) in [5.41, 5.74) is 8.91. The summed E-state index contributed by atoms with van der Waals surface area (Å²) < 4.78 is 0. The third-order valence-corrected chi connectivity index (χ3v) is 2.72. The zero-order chi connectivity index (χ0) is 10.3. The molecule has 0 aromatic heterocycles. The van der Waals surface area contributed by atoms with E-state index in [1.165, 1.54) is 0 Å². The molecule has 1 amide bonds. The highest BCUT2D eigenvalue weighted by molar-refractivity contribution is 6.05. The van der Waals surface area contributed by atoms with Crippen LogP contribution in [0.3, 0.4) is 0 Å². The monoisotopic (exact) mass is 190 g/mol. The number of fused-ring (bicyclic) bond motifs is 1. The molecule has 0 fully saturated rings. The van der Waals surface area contributed by atoms with Crippen molar-refractivity contribution in [2.75, 3.05) is 11.4 Å². The van der Waals surface area contributed by atoms with Crippen LogP contribution in [-0.2, 0) is 4.79 Å². The fraction of sp³-hybridized carbons (Fsp3) is 0.364. The van der Waals surface area contributed by atoms with E-state index in [1.807, 2.05) is 32.0 Å². The third-order valence-electron chi connectivity index (χ3n) is 2.72. The van der Waals surface area contributed by atoms with Crippen molar-refractivity contribution in [3.63, 3.8) is 0 Å². The molecule has 0 radical (unpaired) electrons. The van der Waals surface area contributed by atoms with Crippen LogP contribution in [0, 0.1) is 6.92 Å². The Hall–Kier alpha value is -1.35. The number of likely N-dealkylation sites (N-methyl/N-ethyl adjacent to an activating group) is 1. The van der Waals surface area contributed by atoms with Crippen molar-refractivity contribution in [1.29, 1.82) is 0 Å². The molecule has 1 heterocycles. The first-order valence-corrected chi connectivity index (χ1v) is 4.83. The SMILES string of the molecule is CCN1C(=O)C(N)c2cccc(C)c21. The Morgan fingerprint density at radius 2 is 2.21 bits per heavy atom. The topological polar surface area (TPSA) is 46.3 Å². The number of carbonyl (C=O) groups is 1. The number of benzene rings is 1. The summed E-state index contributed by atoms with van der Waals surface area (Å²) in [6.45, 7) is 4.66.